The molecule has 1 saturated heterocycles. The molecule has 0 aromatic heterocycles. The van der Waals surface area contributed by atoms with Crippen molar-refractivity contribution < 1.29 is 19.1 Å². The Kier molecular flexibility index (Phi) is 6.18. The maximum atomic E-state index is 13.5. The Labute approximate surface area is 198 Å². The standard InChI is InChI=1S/C27H27N3O4/c1-19-8-2-6-12-23(19)30-25(28-22-11-5-3-9-20(22)27(30)32)18-34-24-13-7-4-10-21(24)26(31)29-14-16-33-17-15-29/h2-13,25,28H,14-18H2,1H3. The quantitative estimate of drug-likeness (QED) is 0.628. The van der Waals surface area contributed by atoms with E-state index in [1.807, 2.05) is 67.6 Å². The normalized spacial score (nSPS) is 17.7. The van der Waals surface area contributed by atoms with Crippen LogP contribution in [-0.2, 0) is 4.74 Å². The lowest BCUT2D eigenvalue weighted by molar-refractivity contribution is 0.0300. The minimum absolute atomic E-state index is 0.0762. The molecular formula is C27H27N3O4. The molecule has 1 atom stereocenters. The number of morpholine rings is 1. The summed E-state index contributed by atoms with van der Waals surface area (Å²) in [7, 11) is 0. The monoisotopic (exact) mass is 457 g/mol. The number of nitrogens with one attached hydrogen (secondary N) is 1. The molecule has 0 saturated carbocycles. The number of para-hydroxylation sites is 3. The van der Waals surface area contributed by atoms with Gasteiger partial charge in [0, 0.05) is 24.5 Å². The molecule has 2 aliphatic rings. The zero-order valence-electron chi connectivity index (χ0n) is 19.1. The second-order valence-electron chi connectivity index (χ2n) is 8.38. The van der Waals surface area contributed by atoms with E-state index in [4.69, 9.17) is 9.47 Å². The fourth-order valence-corrected chi connectivity index (χ4v) is 4.41. The third-order valence-corrected chi connectivity index (χ3v) is 6.20. The molecule has 5 rings (SSSR count). The predicted molar refractivity (Wildman–Crippen MR) is 131 cm³/mol. The number of carbonyl (C=O) groups is 2. The van der Waals surface area contributed by atoms with Crippen molar-refractivity contribution in [3.63, 3.8) is 0 Å². The van der Waals surface area contributed by atoms with E-state index in [-0.39, 0.29) is 18.4 Å². The maximum Gasteiger partial charge on any atom is 0.262 e. The van der Waals surface area contributed by atoms with Gasteiger partial charge in [-0.05, 0) is 42.8 Å². The lowest BCUT2D eigenvalue weighted by Gasteiger charge is -2.38. The number of anilines is 2. The first-order valence-electron chi connectivity index (χ1n) is 11.5. The van der Waals surface area contributed by atoms with Crippen LogP contribution >= 0.6 is 0 Å². The van der Waals surface area contributed by atoms with E-state index in [0.29, 0.717) is 43.2 Å². The molecule has 1 N–H and O–H groups in total. The summed E-state index contributed by atoms with van der Waals surface area (Å²) in [6.07, 6.45) is -0.449. The molecule has 174 valence electrons. The van der Waals surface area contributed by atoms with E-state index < -0.39 is 6.17 Å². The van der Waals surface area contributed by atoms with Crippen molar-refractivity contribution in [1.29, 1.82) is 0 Å². The highest BCUT2D eigenvalue weighted by Gasteiger charge is 2.34. The number of aryl methyl sites for hydroxylation is 1. The molecular weight excluding hydrogens is 430 g/mol. The summed E-state index contributed by atoms with van der Waals surface area (Å²) >= 11 is 0. The number of fused-ring (bicyclic) bond motifs is 1. The van der Waals surface area contributed by atoms with Crippen LogP contribution in [0, 0.1) is 6.92 Å². The second kappa shape index (κ2) is 9.57. The number of hydrogen-bond acceptors (Lipinski definition) is 5. The summed E-state index contributed by atoms with van der Waals surface area (Å²) in [5, 5.41) is 3.45. The minimum atomic E-state index is -0.449. The van der Waals surface area contributed by atoms with Crippen LogP contribution in [0.15, 0.2) is 72.8 Å². The predicted octanol–water partition coefficient (Wildman–Crippen LogP) is 3.94. The number of rotatable bonds is 5. The summed E-state index contributed by atoms with van der Waals surface area (Å²) in [6, 6.07) is 22.5. The number of amides is 2. The summed E-state index contributed by atoms with van der Waals surface area (Å²) in [5.41, 5.74) is 3.70. The zero-order valence-corrected chi connectivity index (χ0v) is 19.1. The molecule has 7 nitrogen and oxygen atoms in total. The number of nitrogens with zero attached hydrogens (tertiary/aromatic N) is 2. The van der Waals surface area contributed by atoms with Crippen LogP contribution in [0.2, 0.25) is 0 Å². The van der Waals surface area contributed by atoms with Gasteiger partial charge in [0.15, 0.2) is 0 Å². The lowest BCUT2D eigenvalue weighted by Crippen LogP contribution is -2.52. The Bertz CT molecular complexity index is 1210. The molecule has 0 aliphatic carbocycles. The van der Waals surface area contributed by atoms with Crippen LogP contribution in [-0.4, -0.2) is 55.8 Å². The largest absolute Gasteiger partial charge is 0.489 e. The van der Waals surface area contributed by atoms with Gasteiger partial charge in [-0.15, -0.1) is 0 Å². The Morgan fingerprint density at radius 3 is 2.53 bits per heavy atom. The van der Waals surface area contributed by atoms with E-state index >= 15 is 0 Å². The number of carbonyl (C=O) groups excluding carboxylic acids is 2. The third-order valence-electron chi connectivity index (χ3n) is 6.20. The molecule has 0 bridgehead atoms. The third kappa shape index (κ3) is 4.22. The van der Waals surface area contributed by atoms with Gasteiger partial charge < -0.3 is 19.7 Å². The highest BCUT2D eigenvalue weighted by atomic mass is 16.5. The van der Waals surface area contributed by atoms with Crippen molar-refractivity contribution >= 4 is 23.2 Å². The van der Waals surface area contributed by atoms with E-state index in [9.17, 15) is 9.59 Å². The number of benzene rings is 3. The first-order chi connectivity index (χ1) is 16.6. The SMILES string of the molecule is Cc1ccccc1N1C(=O)c2ccccc2NC1COc1ccccc1C(=O)N1CCOCC1. The second-order valence-corrected chi connectivity index (χ2v) is 8.38. The van der Waals surface area contributed by atoms with E-state index in [0.717, 1.165) is 16.9 Å². The van der Waals surface area contributed by atoms with Crippen LogP contribution in [0.3, 0.4) is 0 Å². The number of ether oxygens (including phenoxy) is 2. The van der Waals surface area contributed by atoms with Crippen molar-refractivity contribution in [2.45, 2.75) is 13.1 Å². The van der Waals surface area contributed by atoms with Crippen molar-refractivity contribution in [2.24, 2.45) is 0 Å². The van der Waals surface area contributed by atoms with Gasteiger partial charge in [0.2, 0.25) is 0 Å². The Hall–Kier alpha value is -3.84. The molecule has 1 fully saturated rings. The van der Waals surface area contributed by atoms with Gasteiger partial charge in [-0.25, -0.2) is 0 Å². The summed E-state index contributed by atoms with van der Waals surface area (Å²) < 4.78 is 11.6. The molecule has 3 aromatic rings. The van der Waals surface area contributed by atoms with E-state index in [1.54, 1.807) is 21.9 Å². The molecule has 0 radical (unpaired) electrons. The summed E-state index contributed by atoms with van der Waals surface area (Å²) in [5.74, 6) is 0.333. The molecule has 7 heteroatoms. The fourth-order valence-electron chi connectivity index (χ4n) is 4.41. The molecule has 34 heavy (non-hydrogen) atoms. The first kappa shape index (κ1) is 22.0. The van der Waals surface area contributed by atoms with Crippen molar-refractivity contribution in [1.82, 2.24) is 4.90 Å². The Morgan fingerprint density at radius 1 is 1.00 bits per heavy atom. The smallest absolute Gasteiger partial charge is 0.262 e. The molecule has 2 heterocycles. The summed E-state index contributed by atoms with van der Waals surface area (Å²) in [4.78, 5) is 30.2. The van der Waals surface area contributed by atoms with Gasteiger partial charge in [-0.1, -0.05) is 42.5 Å². The van der Waals surface area contributed by atoms with Crippen LogP contribution in [0.5, 0.6) is 5.75 Å². The highest BCUT2D eigenvalue weighted by Crippen LogP contribution is 2.32. The zero-order chi connectivity index (χ0) is 23.5. The van der Waals surface area contributed by atoms with Crippen LogP contribution in [0.25, 0.3) is 0 Å². The Morgan fingerprint density at radius 2 is 1.71 bits per heavy atom. The average Bonchev–Trinajstić information content (AvgIpc) is 2.88. The number of hydrogen-bond donors (Lipinski definition) is 1. The van der Waals surface area contributed by atoms with Crippen molar-refractivity contribution in [3.05, 3.63) is 89.5 Å². The minimum Gasteiger partial charge on any atom is -0.489 e. The van der Waals surface area contributed by atoms with Gasteiger partial charge in [-0.3, -0.25) is 14.5 Å². The lowest BCUT2D eigenvalue weighted by atomic mass is 10.0. The molecule has 1 unspecified atom stereocenters. The van der Waals surface area contributed by atoms with Crippen LogP contribution < -0.4 is 15.0 Å². The molecule has 2 aliphatic heterocycles. The van der Waals surface area contributed by atoms with Gasteiger partial charge >= 0.3 is 0 Å². The van der Waals surface area contributed by atoms with Gasteiger partial charge in [0.25, 0.3) is 11.8 Å². The van der Waals surface area contributed by atoms with Crippen molar-refractivity contribution in [2.75, 3.05) is 43.1 Å². The average molecular weight is 458 g/mol. The van der Waals surface area contributed by atoms with Crippen LogP contribution in [0.1, 0.15) is 26.3 Å². The maximum absolute atomic E-state index is 13.5. The van der Waals surface area contributed by atoms with Gasteiger partial charge in [0.1, 0.15) is 18.5 Å². The molecule has 2 amide bonds. The van der Waals surface area contributed by atoms with E-state index in [1.165, 1.54) is 0 Å². The van der Waals surface area contributed by atoms with Crippen LogP contribution in [0.4, 0.5) is 11.4 Å². The van der Waals surface area contributed by atoms with Gasteiger partial charge in [-0.2, -0.15) is 0 Å². The summed E-state index contributed by atoms with van der Waals surface area (Å²) in [6.45, 7) is 4.34. The molecule has 0 spiro atoms. The fraction of sp³-hybridized carbons (Fsp3) is 0.259. The topological polar surface area (TPSA) is 71.1 Å². The first-order valence-corrected chi connectivity index (χ1v) is 11.5. The van der Waals surface area contributed by atoms with Crippen molar-refractivity contribution in [3.8, 4) is 5.75 Å². The highest BCUT2D eigenvalue weighted by molar-refractivity contribution is 6.12. The Balaban J connectivity index is 1.43. The molecule has 3 aromatic carbocycles. The van der Waals surface area contributed by atoms with Gasteiger partial charge in [0.05, 0.1) is 24.3 Å². The van der Waals surface area contributed by atoms with E-state index in [2.05, 4.69) is 5.32 Å².